The average Bonchev–Trinajstić information content (AvgIpc) is 3.52. The van der Waals surface area contributed by atoms with Gasteiger partial charge in [-0.05, 0) is 54.5 Å². The number of aliphatic hydroxyl groups is 1. The fourth-order valence-electron chi connectivity index (χ4n) is 5.51. The Bertz CT molecular complexity index is 1510. The molecule has 2 aromatic carbocycles. The third-order valence-electron chi connectivity index (χ3n) is 7.94. The van der Waals surface area contributed by atoms with E-state index in [-0.39, 0.29) is 24.9 Å². The molecule has 0 spiro atoms. The predicted molar refractivity (Wildman–Crippen MR) is 177 cm³/mol. The maximum absolute atomic E-state index is 14.1. The van der Waals surface area contributed by atoms with Crippen molar-refractivity contribution in [1.29, 1.82) is 0 Å². The summed E-state index contributed by atoms with van der Waals surface area (Å²) >= 11 is 0. The lowest BCUT2D eigenvalue weighted by Crippen LogP contribution is -2.57. The van der Waals surface area contributed by atoms with Gasteiger partial charge in [0.1, 0.15) is 17.7 Å². The van der Waals surface area contributed by atoms with E-state index in [1.165, 1.54) is 12.5 Å². The number of aromatic amines is 1. The number of H-pyrrole nitrogens is 1. The first-order valence-electron chi connectivity index (χ1n) is 16.1. The Morgan fingerprint density at radius 2 is 1.64 bits per heavy atom. The molecule has 10 nitrogen and oxygen atoms in total. The Balaban J connectivity index is 1.85. The van der Waals surface area contributed by atoms with Gasteiger partial charge in [-0.1, -0.05) is 57.9 Å². The summed E-state index contributed by atoms with van der Waals surface area (Å²) in [6.07, 6.45) is 4.19. The number of rotatable bonds is 20. The van der Waals surface area contributed by atoms with Gasteiger partial charge in [0.25, 0.3) is 0 Å². The van der Waals surface area contributed by atoms with Crippen molar-refractivity contribution in [1.82, 2.24) is 25.9 Å². The Labute approximate surface area is 276 Å². The summed E-state index contributed by atoms with van der Waals surface area (Å²) in [5, 5.41) is 19.0. The second-order valence-electron chi connectivity index (χ2n) is 11.9. The number of nitrogens with one attached hydrogen (secondary N) is 4. The number of hydrogen-bond donors (Lipinski definition) is 5. The summed E-state index contributed by atoms with van der Waals surface area (Å²) in [6.45, 7) is 6.23. The zero-order valence-electron chi connectivity index (χ0n) is 27.3. The summed E-state index contributed by atoms with van der Waals surface area (Å²) < 4.78 is 55.3. The molecule has 5 N–H and O–H groups in total. The standard InChI is InChI=1S/C34H47F2N5O5S/c1-4-8-29(9-5-2)47(45,46)21-31(40-33(43)17-28-19-38-22-39-28)34(44)41-30(15-25-13-26(35)16-27(36)14-25)32(42)20-37-18-24-11-7-10-23(6-3)12-24/h7,10-14,16,19,22,29-32,37,42H,4-6,8-9,15,17-18,20-21H2,1-3H3,(H,38,39)(H,40,43)(H,41,44)/t30-,31?,32+/m0/s1. The number of aromatic nitrogens is 2. The van der Waals surface area contributed by atoms with E-state index in [2.05, 4.69) is 25.9 Å². The fraction of sp³-hybridized carbons (Fsp3) is 0.500. The number of halogens is 2. The molecule has 1 heterocycles. The number of benzene rings is 2. The number of hydrogen-bond acceptors (Lipinski definition) is 7. The second-order valence-corrected chi connectivity index (χ2v) is 14.2. The smallest absolute Gasteiger partial charge is 0.243 e. The number of aliphatic hydroxyl groups excluding tert-OH is 1. The van der Waals surface area contributed by atoms with Gasteiger partial charge in [-0.2, -0.15) is 0 Å². The quantitative estimate of drug-likeness (QED) is 0.123. The van der Waals surface area contributed by atoms with Crippen molar-refractivity contribution < 1.29 is 31.9 Å². The SMILES string of the molecule is CCCC(CCC)S(=O)(=O)CC(NC(=O)Cc1cnc[nH]1)C(=O)N[C@@H](Cc1cc(F)cc(F)c1)[C@H](O)CNCc1cccc(CC)c1. The number of carbonyl (C=O) groups is 2. The van der Waals surface area contributed by atoms with Crippen LogP contribution in [-0.4, -0.2) is 71.0 Å². The van der Waals surface area contributed by atoms with Gasteiger partial charge >= 0.3 is 0 Å². The Morgan fingerprint density at radius 3 is 2.26 bits per heavy atom. The molecule has 47 heavy (non-hydrogen) atoms. The molecule has 0 radical (unpaired) electrons. The number of sulfone groups is 1. The molecule has 1 aromatic heterocycles. The van der Waals surface area contributed by atoms with Crippen LogP contribution < -0.4 is 16.0 Å². The molecule has 0 aliphatic carbocycles. The van der Waals surface area contributed by atoms with E-state index in [0.29, 0.717) is 37.9 Å². The highest BCUT2D eigenvalue weighted by Gasteiger charge is 2.34. The molecule has 0 aliphatic rings. The van der Waals surface area contributed by atoms with Gasteiger partial charge in [0, 0.05) is 31.0 Å². The molecule has 2 amide bonds. The van der Waals surface area contributed by atoms with Crippen LogP contribution in [0, 0.1) is 11.6 Å². The Kier molecular flexibility index (Phi) is 15.0. The van der Waals surface area contributed by atoms with E-state index in [9.17, 15) is 31.9 Å². The molecule has 3 atom stereocenters. The van der Waals surface area contributed by atoms with Crippen LogP contribution in [-0.2, 0) is 45.2 Å². The third kappa shape index (κ3) is 12.5. The molecule has 1 unspecified atom stereocenters. The lowest BCUT2D eigenvalue weighted by atomic mass is 10.00. The van der Waals surface area contributed by atoms with Crippen LogP contribution in [0.3, 0.4) is 0 Å². The summed E-state index contributed by atoms with van der Waals surface area (Å²) in [6, 6.07) is 8.28. The van der Waals surface area contributed by atoms with Crippen molar-refractivity contribution in [3.05, 3.63) is 89.0 Å². The Hall–Kier alpha value is -3.68. The van der Waals surface area contributed by atoms with Crippen LogP contribution in [0.5, 0.6) is 0 Å². The molecule has 13 heteroatoms. The molecular weight excluding hydrogens is 628 g/mol. The fourth-order valence-corrected chi connectivity index (χ4v) is 7.68. The van der Waals surface area contributed by atoms with Gasteiger partial charge < -0.3 is 26.0 Å². The van der Waals surface area contributed by atoms with E-state index in [1.807, 2.05) is 45.0 Å². The number of amides is 2. The van der Waals surface area contributed by atoms with Crippen LogP contribution in [0.2, 0.25) is 0 Å². The number of carbonyl (C=O) groups excluding carboxylic acids is 2. The third-order valence-corrected chi connectivity index (χ3v) is 10.2. The molecule has 258 valence electrons. The van der Waals surface area contributed by atoms with Gasteiger partial charge in [-0.15, -0.1) is 0 Å². The van der Waals surface area contributed by atoms with Gasteiger partial charge in [0.2, 0.25) is 11.8 Å². The molecular formula is C34H47F2N5O5S. The maximum atomic E-state index is 14.1. The van der Waals surface area contributed by atoms with Crippen molar-refractivity contribution >= 4 is 21.7 Å². The lowest BCUT2D eigenvalue weighted by Gasteiger charge is -2.28. The monoisotopic (exact) mass is 675 g/mol. The zero-order valence-corrected chi connectivity index (χ0v) is 28.1. The van der Waals surface area contributed by atoms with Gasteiger partial charge in [-0.3, -0.25) is 9.59 Å². The van der Waals surface area contributed by atoms with Crippen LogP contribution in [0.15, 0.2) is 55.0 Å². The first-order valence-corrected chi connectivity index (χ1v) is 17.9. The van der Waals surface area contributed by atoms with E-state index in [0.717, 1.165) is 35.7 Å². The minimum Gasteiger partial charge on any atom is -0.390 e. The highest BCUT2D eigenvalue weighted by Crippen LogP contribution is 2.18. The molecule has 3 aromatic rings. The van der Waals surface area contributed by atoms with Crippen LogP contribution >= 0.6 is 0 Å². The summed E-state index contributed by atoms with van der Waals surface area (Å²) in [7, 11) is -3.85. The second kappa shape index (κ2) is 18.6. The number of imidazole rings is 1. The van der Waals surface area contributed by atoms with Crippen molar-refractivity contribution in [3.63, 3.8) is 0 Å². The summed E-state index contributed by atoms with van der Waals surface area (Å²) in [5.74, 6) is -3.73. The van der Waals surface area contributed by atoms with Crippen LogP contribution in [0.1, 0.15) is 68.8 Å². The van der Waals surface area contributed by atoms with Crippen molar-refractivity contribution in [2.75, 3.05) is 12.3 Å². The topological polar surface area (TPSA) is 153 Å². The minimum atomic E-state index is -3.85. The van der Waals surface area contributed by atoms with Gasteiger partial charge in [0.05, 0.1) is 35.9 Å². The number of nitrogens with zero attached hydrogens (tertiary/aromatic N) is 1. The molecule has 0 saturated carbocycles. The van der Waals surface area contributed by atoms with Crippen molar-refractivity contribution in [2.45, 2.75) is 95.7 Å². The highest BCUT2D eigenvalue weighted by atomic mass is 32.2. The van der Waals surface area contributed by atoms with E-state index < -0.39 is 62.5 Å². The maximum Gasteiger partial charge on any atom is 0.243 e. The molecule has 0 saturated heterocycles. The van der Waals surface area contributed by atoms with Gasteiger partial charge in [-0.25, -0.2) is 22.2 Å². The highest BCUT2D eigenvalue weighted by molar-refractivity contribution is 7.92. The molecule has 3 rings (SSSR count). The lowest BCUT2D eigenvalue weighted by molar-refractivity contribution is -0.129. The zero-order chi connectivity index (χ0) is 34.4. The average molecular weight is 676 g/mol. The first-order chi connectivity index (χ1) is 22.4. The summed E-state index contributed by atoms with van der Waals surface area (Å²) in [4.78, 5) is 33.5. The minimum absolute atomic E-state index is 0.00329. The normalized spacial score (nSPS) is 13.7. The van der Waals surface area contributed by atoms with E-state index in [4.69, 9.17) is 0 Å². The number of aryl methyl sites for hydroxylation is 1. The molecule has 0 fully saturated rings. The predicted octanol–water partition coefficient (Wildman–Crippen LogP) is 3.54. The molecule has 0 aliphatic heterocycles. The van der Waals surface area contributed by atoms with E-state index in [1.54, 1.807) is 0 Å². The van der Waals surface area contributed by atoms with Crippen LogP contribution in [0.25, 0.3) is 0 Å². The first kappa shape index (κ1) is 37.8. The van der Waals surface area contributed by atoms with Crippen molar-refractivity contribution in [2.24, 2.45) is 0 Å². The van der Waals surface area contributed by atoms with Crippen LogP contribution in [0.4, 0.5) is 8.78 Å². The van der Waals surface area contributed by atoms with E-state index >= 15 is 0 Å². The van der Waals surface area contributed by atoms with Gasteiger partial charge in [0.15, 0.2) is 9.84 Å². The largest absolute Gasteiger partial charge is 0.390 e. The molecule has 0 bridgehead atoms. The Morgan fingerprint density at radius 1 is 0.957 bits per heavy atom. The summed E-state index contributed by atoms with van der Waals surface area (Å²) in [5.41, 5.74) is 2.79. The van der Waals surface area contributed by atoms with Crippen molar-refractivity contribution in [3.8, 4) is 0 Å².